The first-order chi connectivity index (χ1) is 14.0. The highest BCUT2D eigenvalue weighted by Crippen LogP contribution is 2.24. The average Bonchev–Trinajstić information content (AvgIpc) is 3.28. The number of benzene rings is 2. The van der Waals surface area contributed by atoms with E-state index in [2.05, 4.69) is 10.6 Å². The number of anilines is 2. The molecule has 2 amide bonds. The molecule has 152 valence electrons. The fourth-order valence-corrected chi connectivity index (χ4v) is 2.98. The molecule has 1 saturated heterocycles. The SMILES string of the molecule is COC(=O)c1cc(OC)ccc1NC(=O)c1cccc(NC(=O)C2CCCO2)c1. The average molecular weight is 398 g/mol. The zero-order chi connectivity index (χ0) is 20.8. The van der Waals surface area contributed by atoms with Crippen LogP contribution in [0.3, 0.4) is 0 Å². The number of hydrogen-bond acceptors (Lipinski definition) is 6. The van der Waals surface area contributed by atoms with Crippen LogP contribution in [0.25, 0.3) is 0 Å². The molecular weight excluding hydrogens is 376 g/mol. The van der Waals surface area contributed by atoms with E-state index in [4.69, 9.17) is 14.2 Å². The molecule has 3 rings (SSSR count). The second-order valence-corrected chi connectivity index (χ2v) is 6.43. The summed E-state index contributed by atoms with van der Waals surface area (Å²) in [5, 5.41) is 5.46. The minimum Gasteiger partial charge on any atom is -0.497 e. The van der Waals surface area contributed by atoms with E-state index < -0.39 is 18.0 Å². The fraction of sp³-hybridized carbons (Fsp3) is 0.286. The molecule has 0 bridgehead atoms. The van der Waals surface area contributed by atoms with Crippen molar-refractivity contribution in [2.45, 2.75) is 18.9 Å². The topological polar surface area (TPSA) is 103 Å². The minimum absolute atomic E-state index is 0.169. The van der Waals surface area contributed by atoms with E-state index in [0.717, 1.165) is 6.42 Å². The molecule has 8 heteroatoms. The van der Waals surface area contributed by atoms with Gasteiger partial charge >= 0.3 is 5.97 Å². The van der Waals surface area contributed by atoms with Crippen LogP contribution < -0.4 is 15.4 Å². The van der Waals surface area contributed by atoms with Crippen molar-refractivity contribution in [2.24, 2.45) is 0 Å². The van der Waals surface area contributed by atoms with Crippen molar-refractivity contribution in [3.63, 3.8) is 0 Å². The highest BCUT2D eigenvalue weighted by atomic mass is 16.5. The van der Waals surface area contributed by atoms with Crippen LogP contribution in [0.1, 0.15) is 33.6 Å². The van der Waals surface area contributed by atoms with E-state index >= 15 is 0 Å². The third-order valence-electron chi connectivity index (χ3n) is 4.49. The molecule has 1 aliphatic heterocycles. The Kier molecular flexibility index (Phi) is 6.46. The smallest absolute Gasteiger partial charge is 0.340 e. The van der Waals surface area contributed by atoms with Crippen LogP contribution in [-0.2, 0) is 14.3 Å². The summed E-state index contributed by atoms with van der Waals surface area (Å²) < 4.78 is 15.3. The summed E-state index contributed by atoms with van der Waals surface area (Å²) in [6, 6.07) is 11.2. The highest BCUT2D eigenvalue weighted by molar-refractivity contribution is 6.09. The van der Waals surface area contributed by atoms with Crippen molar-refractivity contribution < 1.29 is 28.6 Å². The number of carbonyl (C=O) groups excluding carboxylic acids is 3. The molecule has 8 nitrogen and oxygen atoms in total. The van der Waals surface area contributed by atoms with Crippen molar-refractivity contribution in [3.05, 3.63) is 53.6 Å². The van der Waals surface area contributed by atoms with Crippen molar-refractivity contribution in [1.82, 2.24) is 0 Å². The van der Waals surface area contributed by atoms with Gasteiger partial charge in [0.05, 0.1) is 25.5 Å². The fourth-order valence-electron chi connectivity index (χ4n) is 2.98. The quantitative estimate of drug-likeness (QED) is 0.726. The van der Waals surface area contributed by atoms with Crippen LogP contribution in [-0.4, -0.2) is 44.7 Å². The van der Waals surface area contributed by atoms with Gasteiger partial charge in [-0.2, -0.15) is 0 Å². The van der Waals surface area contributed by atoms with E-state index in [1.807, 2.05) is 0 Å². The summed E-state index contributed by atoms with van der Waals surface area (Å²) in [5.41, 5.74) is 1.27. The molecule has 1 atom stereocenters. The number of ether oxygens (including phenoxy) is 3. The van der Waals surface area contributed by atoms with Crippen LogP contribution >= 0.6 is 0 Å². The zero-order valence-electron chi connectivity index (χ0n) is 16.2. The molecule has 1 heterocycles. The monoisotopic (exact) mass is 398 g/mol. The summed E-state index contributed by atoms with van der Waals surface area (Å²) in [7, 11) is 2.73. The van der Waals surface area contributed by atoms with Crippen LogP contribution in [0.2, 0.25) is 0 Å². The van der Waals surface area contributed by atoms with Gasteiger partial charge in [0.2, 0.25) is 0 Å². The van der Waals surface area contributed by atoms with Gasteiger partial charge in [-0.3, -0.25) is 9.59 Å². The molecule has 1 unspecified atom stereocenters. The number of esters is 1. The van der Waals surface area contributed by atoms with Crippen LogP contribution in [0.4, 0.5) is 11.4 Å². The Morgan fingerprint density at radius 1 is 1.07 bits per heavy atom. The van der Waals surface area contributed by atoms with Crippen molar-refractivity contribution in [2.75, 3.05) is 31.5 Å². The van der Waals surface area contributed by atoms with Gasteiger partial charge < -0.3 is 24.8 Å². The Morgan fingerprint density at radius 2 is 1.90 bits per heavy atom. The standard InChI is InChI=1S/C21H22N2O6/c1-27-15-8-9-17(16(12-15)21(26)28-2)23-19(24)13-5-3-6-14(11-13)22-20(25)18-7-4-10-29-18/h3,5-6,8-9,11-12,18H,4,7,10H2,1-2H3,(H,22,25)(H,23,24). The Morgan fingerprint density at radius 3 is 2.59 bits per heavy atom. The van der Waals surface area contributed by atoms with E-state index in [1.165, 1.54) is 20.3 Å². The lowest BCUT2D eigenvalue weighted by Crippen LogP contribution is -2.27. The lowest BCUT2D eigenvalue weighted by molar-refractivity contribution is -0.124. The van der Waals surface area contributed by atoms with Crippen molar-refractivity contribution in [1.29, 1.82) is 0 Å². The summed E-state index contributed by atoms with van der Waals surface area (Å²) in [5.74, 6) is -0.809. The number of hydrogen-bond donors (Lipinski definition) is 2. The summed E-state index contributed by atoms with van der Waals surface area (Å²) in [4.78, 5) is 36.9. The van der Waals surface area contributed by atoms with Crippen molar-refractivity contribution >= 4 is 29.2 Å². The van der Waals surface area contributed by atoms with Gasteiger partial charge in [0.1, 0.15) is 11.9 Å². The first-order valence-corrected chi connectivity index (χ1v) is 9.12. The maximum absolute atomic E-state index is 12.7. The van der Waals surface area contributed by atoms with E-state index in [1.54, 1.807) is 36.4 Å². The molecule has 1 fully saturated rings. The summed E-state index contributed by atoms with van der Waals surface area (Å²) in [6.07, 6.45) is 1.07. The van der Waals surface area contributed by atoms with Crippen LogP contribution in [0.5, 0.6) is 5.75 Å². The Labute approximate surface area is 168 Å². The molecule has 0 spiro atoms. The lowest BCUT2D eigenvalue weighted by Gasteiger charge is -2.13. The minimum atomic E-state index is -0.600. The number of methoxy groups -OCH3 is 2. The Hall–Kier alpha value is -3.39. The molecule has 0 radical (unpaired) electrons. The normalized spacial score (nSPS) is 15.4. The maximum atomic E-state index is 12.7. The molecule has 29 heavy (non-hydrogen) atoms. The molecule has 1 aliphatic rings. The summed E-state index contributed by atoms with van der Waals surface area (Å²) >= 11 is 0. The van der Waals surface area contributed by atoms with Gasteiger partial charge in [0.15, 0.2) is 0 Å². The van der Waals surface area contributed by atoms with Gasteiger partial charge in [-0.1, -0.05) is 6.07 Å². The van der Waals surface area contributed by atoms with Gasteiger partial charge in [-0.25, -0.2) is 4.79 Å². The molecule has 0 saturated carbocycles. The highest BCUT2D eigenvalue weighted by Gasteiger charge is 2.23. The second-order valence-electron chi connectivity index (χ2n) is 6.43. The van der Waals surface area contributed by atoms with Gasteiger partial charge in [0, 0.05) is 17.9 Å². The summed E-state index contributed by atoms with van der Waals surface area (Å²) in [6.45, 7) is 0.574. The number of nitrogens with one attached hydrogen (secondary N) is 2. The first kappa shape index (κ1) is 20.3. The largest absolute Gasteiger partial charge is 0.497 e. The van der Waals surface area contributed by atoms with Gasteiger partial charge in [-0.15, -0.1) is 0 Å². The van der Waals surface area contributed by atoms with Crippen LogP contribution in [0.15, 0.2) is 42.5 Å². The van der Waals surface area contributed by atoms with E-state index in [0.29, 0.717) is 30.0 Å². The molecule has 2 N–H and O–H groups in total. The molecule has 2 aromatic carbocycles. The molecule has 0 aliphatic carbocycles. The Bertz CT molecular complexity index is 921. The predicted octanol–water partition coefficient (Wildman–Crippen LogP) is 2.85. The second kappa shape index (κ2) is 9.20. The van der Waals surface area contributed by atoms with Crippen molar-refractivity contribution in [3.8, 4) is 5.75 Å². The van der Waals surface area contributed by atoms with Crippen LogP contribution in [0, 0.1) is 0 Å². The maximum Gasteiger partial charge on any atom is 0.340 e. The molecule has 0 aromatic heterocycles. The Balaban J connectivity index is 1.76. The third-order valence-corrected chi connectivity index (χ3v) is 4.49. The number of amides is 2. The number of carbonyl (C=O) groups is 3. The third kappa shape index (κ3) is 4.91. The van der Waals surface area contributed by atoms with Gasteiger partial charge in [-0.05, 0) is 49.2 Å². The van der Waals surface area contributed by atoms with E-state index in [-0.39, 0.29) is 17.2 Å². The molecule has 2 aromatic rings. The predicted molar refractivity (Wildman–Crippen MR) is 106 cm³/mol. The first-order valence-electron chi connectivity index (χ1n) is 9.12. The molecular formula is C21H22N2O6. The van der Waals surface area contributed by atoms with Gasteiger partial charge in [0.25, 0.3) is 11.8 Å². The van der Waals surface area contributed by atoms with E-state index in [9.17, 15) is 14.4 Å². The lowest BCUT2D eigenvalue weighted by atomic mass is 10.1. The zero-order valence-corrected chi connectivity index (χ0v) is 16.2. The number of rotatable bonds is 6.